The van der Waals surface area contributed by atoms with Crippen LogP contribution in [0.5, 0.6) is 0 Å². The molecular weight excluding hydrogens is 186 g/mol. The highest BCUT2D eigenvalue weighted by atomic mass is 35.5. The van der Waals surface area contributed by atoms with E-state index in [9.17, 15) is 0 Å². The number of H-pyrrole nitrogens is 1. The van der Waals surface area contributed by atoms with Crippen LogP contribution in [0, 0.1) is 0 Å². The van der Waals surface area contributed by atoms with E-state index in [0.29, 0.717) is 10.7 Å². The summed E-state index contributed by atoms with van der Waals surface area (Å²) in [7, 11) is 0. The normalized spacial score (nSPS) is 10.2. The lowest BCUT2D eigenvalue weighted by Gasteiger charge is -2.00. The lowest BCUT2D eigenvalue weighted by Crippen LogP contribution is -1.87. The molecular formula is C9H8ClN3. The molecule has 0 saturated carbocycles. The van der Waals surface area contributed by atoms with Gasteiger partial charge in [0.25, 0.3) is 0 Å². The summed E-state index contributed by atoms with van der Waals surface area (Å²) in [6.45, 7) is 0. The van der Waals surface area contributed by atoms with Gasteiger partial charge in [0.1, 0.15) is 5.82 Å². The minimum Gasteiger partial charge on any atom is -0.398 e. The molecule has 0 amide bonds. The number of imidazole rings is 1. The van der Waals surface area contributed by atoms with Crippen molar-refractivity contribution in [2.75, 3.05) is 5.73 Å². The first kappa shape index (κ1) is 8.13. The molecule has 66 valence electrons. The van der Waals surface area contributed by atoms with E-state index in [1.807, 2.05) is 6.07 Å². The number of halogens is 1. The summed E-state index contributed by atoms with van der Waals surface area (Å²) in [5.74, 6) is 0.793. The Morgan fingerprint density at radius 1 is 1.38 bits per heavy atom. The molecule has 1 aromatic carbocycles. The van der Waals surface area contributed by atoms with Crippen molar-refractivity contribution < 1.29 is 0 Å². The molecule has 1 aromatic heterocycles. The van der Waals surface area contributed by atoms with E-state index in [-0.39, 0.29) is 0 Å². The van der Waals surface area contributed by atoms with Gasteiger partial charge < -0.3 is 10.7 Å². The molecule has 0 bridgehead atoms. The average Bonchev–Trinajstić information content (AvgIpc) is 2.62. The van der Waals surface area contributed by atoms with Gasteiger partial charge in [-0.15, -0.1) is 0 Å². The van der Waals surface area contributed by atoms with E-state index >= 15 is 0 Å². The topological polar surface area (TPSA) is 54.7 Å². The summed E-state index contributed by atoms with van der Waals surface area (Å²) >= 11 is 5.86. The van der Waals surface area contributed by atoms with Gasteiger partial charge in [-0.3, -0.25) is 0 Å². The average molecular weight is 194 g/mol. The van der Waals surface area contributed by atoms with Crippen LogP contribution in [0.1, 0.15) is 0 Å². The Labute approximate surface area is 80.6 Å². The second kappa shape index (κ2) is 3.11. The number of anilines is 1. The zero-order chi connectivity index (χ0) is 9.26. The molecule has 0 spiro atoms. The van der Waals surface area contributed by atoms with E-state index in [1.165, 1.54) is 0 Å². The second-order valence-corrected chi connectivity index (χ2v) is 3.08. The van der Waals surface area contributed by atoms with Gasteiger partial charge in [-0.1, -0.05) is 11.6 Å². The Morgan fingerprint density at radius 3 is 2.85 bits per heavy atom. The number of nitrogens with one attached hydrogen (secondary N) is 1. The van der Waals surface area contributed by atoms with Gasteiger partial charge in [0.15, 0.2) is 0 Å². The van der Waals surface area contributed by atoms with Crippen molar-refractivity contribution in [3.8, 4) is 11.4 Å². The monoisotopic (exact) mass is 193 g/mol. The number of aromatic nitrogens is 2. The molecule has 3 nitrogen and oxygen atoms in total. The molecule has 1 heterocycles. The van der Waals surface area contributed by atoms with Gasteiger partial charge in [-0.2, -0.15) is 0 Å². The van der Waals surface area contributed by atoms with Crippen molar-refractivity contribution in [1.82, 2.24) is 9.97 Å². The quantitative estimate of drug-likeness (QED) is 0.683. The van der Waals surface area contributed by atoms with Crippen LogP contribution in [-0.4, -0.2) is 9.97 Å². The predicted octanol–water partition coefficient (Wildman–Crippen LogP) is 2.31. The molecule has 3 N–H and O–H groups in total. The van der Waals surface area contributed by atoms with Gasteiger partial charge in [-0.05, 0) is 18.2 Å². The number of nitrogen functional groups attached to an aromatic ring is 1. The van der Waals surface area contributed by atoms with Crippen LogP contribution < -0.4 is 5.73 Å². The molecule has 0 atom stereocenters. The van der Waals surface area contributed by atoms with Crippen molar-refractivity contribution >= 4 is 17.3 Å². The number of aromatic amines is 1. The fourth-order valence-electron chi connectivity index (χ4n) is 1.10. The maximum atomic E-state index is 5.86. The Kier molecular flexibility index (Phi) is 1.94. The molecule has 0 aliphatic carbocycles. The van der Waals surface area contributed by atoms with Gasteiger partial charge in [0, 0.05) is 18.0 Å². The lowest BCUT2D eigenvalue weighted by molar-refractivity contribution is 1.31. The van der Waals surface area contributed by atoms with E-state index in [2.05, 4.69) is 9.97 Å². The summed E-state index contributed by atoms with van der Waals surface area (Å²) < 4.78 is 0. The Balaban J connectivity index is 2.49. The third-order valence-corrected chi connectivity index (χ3v) is 2.10. The summed E-state index contributed by atoms with van der Waals surface area (Å²) in [4.78, 5) is 7.09. The summed E-state index contributed by atoms with van der Waals surface area (Å²) in [6, 6.07) is 5.43. The number of hydrogen-bond acceptors (Lipinski definition) is 2. The van der Waals surface area contributed by atoms with Gasteiger partial charge in [0.05, 0.1) is 10.7 Å². The Hall–Kier alpha value is -1.48. The summed E-state index contributed by atoms with van der Waals surface area (Å²) in [6.07, 6.45) is 3.46. The zero-order valence-corrected chi connectivity index (χ0v) is 7.55. The highest BCUT2D eigenvalue weighted by molar-refractivity contribution is 6.33. The van der Waals surface area contributed by atoms with Crippen molar-refractivity contribution in [2.24, 2.45) is 0 Å². The molecule has 13 heavy (non-hydrogen) atoms. The largest absolute Gasteiger partial charge is 0.398 e. The molecule has 0 unspecified atom stereocenters. The third-order valence-electron chi connectivity index (χ3n) is 1.77. The number of rotatable bonds is 1. The van der Waals surface area contributed by atoms with E-state index in [1.54, 1.807) is 24.5 Å². The van der Waals surface area contributed by atoms with Crippen LogP contribution in [0.2, 0.25) is 5.02 Å². The first-order chi connectivity index (χ1) is 6.27. The minimum absolute atomic E-state index is 0.550. The molecule has 0 aliphatic heterocycles. The van der Waals surface area contributed by atoms with Gasteiger partial charge in [-0.25, -0.2) is 4.98 Å². The second-order valence-electron chi connectivity index (χ2n) is 2.67. The molecule has 2 aromatic rings. The van der Waals surface area contributed by atoms with Crippen LogP contribution in [0.4, 0.5) is 5.69 Å². The van der Waals surface area contributed by atoms with Crippen LogP contribution in [0.15, 0.2) is 30.6 Å². The predicted molar refractivity (Wildman–Crippen MR) is 53.4 cm³/mol. The number of hydrogen-bond donors (Lipinski definition) is 2. The maximum absolute atomic E-state index is 5.86. The smallest absolute Gasteiger partial charge is 0.137 e. The highest BCUT2D eigenvalue weighted by Crippen LogP contribution is 2.24. The van der Waals surface area contributed by atoms with E-state index in [4.69, 9.17) is 17.3 Å². The summed E-state index contributed by atoms with van der Waals surface area (Å²) in [5, 5.41) is 0.550. The fraction of sp³-hybridized carbons (Fsp3) is 0. The number of benzene rings is 1. The van der Waals surface area contributed by atoms with Crippen LogP contribution in [0.3, 0.4) is 0 Å². The minimum atomic E-state index is 0.550. The van der Waals surface area contributed by atoms with Gasteiger partial charge >= 0.3 is 0 Å². The Morgan fingerprint density at radius 2 is 2.23 bits per heavy atom. The van der Waals surface area contributed by atoms with E-state index < -0.39 is 0 Å². The van der Waals surface area contributed by atoms with Crippen molar-refractivity contribution in [2.45, 2.75) is 0 Å². The Bertz CT molecular complexity index is 409. The van der Waals surface area contributed by atoms with E-state index in [0.717, 1.165) is 11.4 Å². The number of nitrogens with zero attached hydrogens (tertiary/aromatic N) is 1. The molecule has 0 aliphatic rings. The standard InChI is InChI=1S/C9H8ClN3/c10-7-5-6(1-2-8(7)11)9-12-3-4-13-9/h1-5H,11H2,(H,12,13). The highest BCUT2D eigenvalue weighted by Gasteiger charge is 2.01. The van der Waals surface area contributed by atoms with Crippen molar-refractivity contribution in [1.29, 1.82) is 0 Å². The zero-order valence-electron chi connectivity index (χ0n) is 6.79. The van der Waals surface area contributed by atoms with Crippen LogP contribution >= 0.6 is 11.6 Å². The third kappa shape index (κ3) is 1.51. The number of nitrogens with two attached hydrogens (primary N) is 1. The molecule has 0 radical (unpaired) electrons. The lowest BCUT2D eigenvalue weighted by atomic mass is 10.2. The fourth-order valence-corrected chi connectivity index (χ4v) is 1.28. The molecule has 2 rings (SSSR count). The maximum Gasteiger partial charge on any atom is 0.137 e. The van der Waals surface area contributed by atoms with Crippen LogP contribution in [0.25, 0.3) is 11.4 Å². The summed E-state index contributed by atoms with van der Waals surface area (Å²) in [5.41, 5.74) is 7.09. The first-order valence-corrected chi connectivity index (χ1v) is 4.20. The van der Waals surface area contributed by atoms with Gasteiger partial charge in [0.2, 0.25) is 0 Å². The molecule has 0 fully saturated rings. The SMILES string of the molecule is Nc1ccc(-c2ncc[nH]2)cc1Cl. The van der Waals surface area contributed by atoms with Crippen LogP contribution in [-0.2, 0) is 0 Å². The molecule has 0 saturated heterocycles. The van der Waals surface area contributed by atoms with Crippen molar-refractivity contribution in [3.05, 3.63) is 35.6 Å². The molecule has 4 heteroatoms. The first-order valence-electron chi connectivity index (χ1n) is 3.82. The van der Waals surface area contributed by atoms with Crippen molar-refractivity contribution in [3.63, 3.8) is 0 Å².